The molecule has 3 aromatic rings. The van der Waals surface area contributed by atoms with E-state index in [1.165, 1.54) is 15.9 Å². The van der Waals surface area contributed by atoms with E-state index in [-0.39, 0.29) is 30.9 Å². The highest BCUT2D eigenvalue weighted by Gasteiger charge is 2.46. The van der Waals surface area contributed by atoms with E-state index in [1.54, 1.807) is 6.92 Å². The fourth-order valence-corrected chi connectivity index (χ4v) is 5.77. The molecule has 1 fully saturated rings. The molecule has 2 aromatic carbocycles. The molecule has 1 aromatic heterocycles. The standard InChI is InChI=1S/C28H25N5O7/c1-2-31-13-20(33(35)36)26(29-31)28(34)32-27(18-7-9-22-24(12-18)40-15-38-22)19-5-3-4-17(25(19)30-32)10-16-6-8-21-23(11-16)39-14-37-21/h6-13,19,27H,2-5,14-15H2,1H3/b17-10-. The van der Waals surface area contributed by atoms with Gasteiger partial charge in [-0.05, 0) is 73.2 Å². The van der Waals surface area contributed by atoms with Crippen molar-refractivity contribution in [3.8, 4) is 23.0 Å². The van der Waals surface area contributed by atoms with Gasteiger partial charge in [0.1, 0.15) is 6.20 Å². The zero-order valence-electron chi connectivity index (χ0n) is 21.6. The maximum Gasteiger partial charge on any atom is 0.320 e. The number of aryl methyl sites for hydroxylation is 1. The van der Waals surface area contributed by atoms with Crippen LogP contribution in [0.15, 0.2) is 53.3 Å². The van der Waals surface area contributed by atoms with Crippen molar-refractivity contribution in [1.29, 1.82) is 0 Å². The van der Waals surface area contributed by atoms with E-state index in [1.807, 2.05) is 36.4 Å². The van der Waals surface area contributed by atoms with Gasteiger partial charge in [-0.2, -0.15) is 10.2 Å². The Balaban J connectivity index is 1.32. The Morgan fingerprint density at radius 2 is 1.80 bits per heavy atom. The van der Waals surface area contributed by atoms with Gasteiger partial charge in [-0.3, -0.25) is 19.6 Å². The molecular weight excluding hydrogens is 518 g/mol. The summed E-state index contributed by atoms with van der Waals surface area (Å²) in [6, 6.07) is 10.8. The largest absolute Gasteiger partial charge is 0.454 e. The van der Waals surface area contributed by atoms with E-state index in [0.29, 0.717) is 29.5 Å². The lowest BCUT2D eigenvalue weighted by Crippen LogP contribution is -2.32. The van der Waals surface area contributed by atoms with E-state index in [2.05, 4.69) is 11.2 Å². The maximum atomic E-state index is 14.0. The number of ether oxygens (including phenoxy) is 4. The fraction of sp³-hybridized carbons (Fsp3) is 0.321. The lowest BCUT2D eigenvalue weighted by atomic mass is 9.77. The van der Waals surface area contributed by atoms with Gasteiger partial charge in [0.05, 0.1) is 16.7 Å². The Hall–Kier alpha value is -4.87. The van der Waals surface area contributed by atoms with Crippen LogP contribution in [0, 0.1) is 16.0 Å². The van der Waals surface area contributed by atoms with E-state index in [9.17, 15) is 14.9 Å². The molecule has 1 saturated carbocycles. The summed E-state index contributed by atoms with van der Waals surface area (Å²) < 4.78 is 23.5. The zero-order chi connectivity index (χ0) is 27.4. The molecule has 0 saturated heterocycles. The van der Waals surface area contributed by atoms with Gasteiger partial charge in [-0.25, -0.2) is 5.01 Å². The van der Waals surface area contributed by atoms with Crippen molar-refractivity contribution in [3.05, 3.63) is 75.1 Å². The molecule has 1 aliphatic carbocycles. The lowest BCUT2D eigenvalue weighted by Gasteiger charge is -2.29. The third-order valence-corrected chi connectivity index (χ3v) is 7.65. The third-order valence-electron chi connectivity index (χ3n) is 7.65. The number of allylic oxidation sites excluding steroid dienone is 1. The zero-order valence-corrected chi connectivity index (χ0v) is 21.6. The molecule has 12 heteroatoms. The van der Waals surface area contributed by atoms with Gasteiger partial charge in [0, 0.05) is 12.5 Å². The van der Waals surface area contributed by atoms with Gasteiger partial charge in [0.15, 0.2) is 23.0 Å². The van der Waals surface area contributed by atoms with Crippen molar-refractivity contribution < 1.29 is 28.7 Å². The summed E-state index contributed by atoms with van der Waals surface area (Å²) in [5, 5.41) is 22.3. The van der Waals surface area contributed by atoms with Crippen LogP contribution in [0.1, 0.15) is 53.8 Å². The Morgan fingerprint density at radius 3 is 2.55 bits per heavy atom. The normalized spacial score (nSPS) is 21.5. The lowest BCUT2D eigenvalue weighted by molar-refractivity contribution is -0.385. The van der Waals surface area contributed by atoms with E-state index in [4.69, 9.17) is 24.0 Å². The van der Waals surface area contributed by atoms with Crippen LogP contribution < -0.4 is 18.9 Å². The highest BCUT2D eigenvalue weighted by molar-refractivity contribution is 6.09. The first-order valence-corrected chi connectivity index (χ1v) is 13.1. The average molecular weight is 544 g/mol. The number of hydrogen-bond donors (Lipinski definition) is 0. The Bertz CT molecular complexity index is 1610. The number of nitro groups is 1. The number of aromatic nitrogens is 2. The van der Waals surface area contributed by atoms with Crippen molar-refractivity contribution in [3.63, 3.8) is 0 Å². The summed E-state index contributed by atoms with van der Waals surface area (Å²) in [6.07, 6.45) is 5.82. The summed E-state index contributed by atoms with van der Waals surface area (Å²) in [6.45, 7) is 2.51. The molecule has 0 N–H and O–H groups in total. The number of benzene rings is 2. The first-order chi connectivity index (χ1) is 19.5. The number of carbonyl (C=O) groups excluding carboxylic acids is 1. The van der Waals surface area contributed by atoms with E-state index < -0.39 is 16.9 Å². The van der Waals surface area contributed by atoms with Crippen molar-refractivity contribution in [2.24, 2.45) is 11.0 Å². The molecule has 2 unspecified atom stereocenters. The maximum absolute atomic E-state index is 14.0. The van der Waals surface area contributed by atoms with Gasteiger partial charge >= 0.3 is 11.6 Å². The first-order valence-electron chi connectivity index (χ1n) is 13.1. The molecule has 2 atom stereocenters. The summed E-state index contributed by atoms with van der Waals surface area (Å²) in [5.41, 5.74) is 2.96. The van der Waals surface area contributed by atoms with Crippen LogP contribution in [0.5, 0.6) is 23.0 Å². The molecular formula is C28H25N5O7. The van der Waals surface area contributed by atoms with Crippen molar-refractivity contribution in [1.82, 2.24) is 14.8 Å². The molecule has 12 nitrogen and oxygen atoms in total. The molecule has 0 radical (unpaired) electrons. The van der Waals surface area contributed by atoms with Crippen LogP contribution in [-0.2, 0) is 6.54 Å². The van der Waals surface area contributed by atoms with Crippen LogP contribution in [-0.4, -0.2) is 44.9 Å². The predicted molar refractivity (Wildman–Crippen MR) is 141 cm³/mol. The number of nitrogens with zero attached hydrogens (tertiary/aromatic N) is 5. The topological polar surface area (TPSA) is 131 Å². The van der Waals surface area contributed by atoms with Crippen molar-refractivity contribution in [2.75, 3.05) is 13.6 Å². The summed E-state index contributed by atoms with van der Waals surface area (Å²) in [4.78, 5) is 25.2. The Kier molecular flexibility index (Phi) is 5.68. The SMILES string of the molecule is CCn1cc([N+](=O)[O-])c(C(=O)N2N=C3/C(=C\c4ccc5c(c4)OCO5)CCCC3C2c2ccc3c(c2)OCO3)n1. The Labute approximate surface area is 228 Å². The third kappa shape index (κ3) is 3.94. The molecule has 4 aliphatic rings. The Morgan fingerprint density at radius 1 is 1.07 bits per heavy atom. The summed E-state index contributed by atoms with van der Waals surface area (Å²) in [7, 11) is 0. The average Bonchev–Trinajstić information content (AvgIpc) is 3.76. The second-order valence-corrected chi connectivity index (χ2v) is 9.95. The number of hydrazone groups is 1. The van der Waals surface area contributed by atoms with Gasteiger partial charge in [-0.15, -0.1) is 0 Å². The number of rotatable bonds is 5. The second-order valence-electron chi connectivity index (χ2n) is 9.95. The molecule has 7 rings (SSSR count). The molecule has 1 amide bonds. The molecule has 3 aliphatic heterocycles. The van der Waals surface area contributed by atoms with Gasteiger partial charge in [0.25, 0.3) is 0 Å². The van der Waals surface area contributed by atoms with Gasteiger partial charge < -0.3 is 18.9 Å². The fourth-order valence-electron chi connectivity index (χ4n) is 5.77. The van der Waals surface area contributed by atoms with Crippen LogP contribution in [0.2, 0.25) is 0 Å². The molecule has 204 valence electrons. The summed E-state index contributed by atoms with van der Waals surface area (Å²) in [5.74, 6) is 1.87. The van der Waals surface area contributed by atoms with Crippen LogP contribution in [0.4, 0.5) is 5.69 Å². The summed E-state index contributed by atoms with van der Waals surface area (Å²) >= 11 is 0. The van der Waals surface area contributed by atoms with Crippen LogP contribution in [0.3, 0.4) is 0 Å². The molecule has 0 bridgehead atoms. The molecule has 40 heavy (non-hydrogen) atoms. The second kappa shape index (κ2) is 9.40. The quantitative estimate of drug-likeness (QED) is 0.334. The number of fused-ring (bicyclic) bond motifs is 3. The van der Waals surface area contributed by atoms with Crippen LogP contribution >= 0.6 is 0 Å². The van der Waals surface area contributed by atoms with Crippen LogP contribution in [0.25, 0.3) is 6.08 Å². The van der Waals surface area contributed by atoms with Crippen molar-refractivity contribution in [2.45, 2.75) is 38.8 Å². The minimum Gasteiger partial charge on any atom is -0.454 e. The number of hydrogen-bond acceptors (Lipinski definition) is 9. The smallest absolute Gasteiger partial charge is 0.320 e. The monoisotopic (exact) mass is 543 g/mol. The minimum atomic E-state index is -0.620. The minimum absolute atomic E-state index is 0.120. The van der Waals surface area contributed by atoms with E-state index >= 15 is 0 Å². The highest BCUT2D eigenvalue weighted by atomic mass is 16.7. The number of carbonyl (C=O) groups is 1. The predicted octanol–water partition coefficient (Wildman–Crippen LogP) is 4.71. The number of amides is 1. The van der Waals surface area contributed by atoms with Crippen molar-refractivity contribution >= 4 is 23.4 Å². The van der Waals surface area contributed by atoms with Gasteiger partial charge in [0.2, 0.25) is 19.3 Å². The molecule has 4 heterocycles. The first kappa shape index (κ1) is 24.2. The highest BCUT2D eigenvalue weighted by Crippen LogP contribution is 2.47. The molecule has 0 spiro atoms. The van der Waals surface area contributed by atoms with Gasteiger partial charge in [-0.1, -0.05) is 12.1 Å². The van der Waals surface area contributed by atoms with E-state index in [0.717, 1.165) is 41.7 Å².